The highest BCUT2D eigenvalue weighted by molar-refractivity contribution is 5.95. The largest absolute Gasteiger partial charge is 0.477 e. The molecular weight excluding hydrogens is 246 g/mol. The van der Waals surface area contributed by atoms with Crippen molar-refractivity contribution in [1.29, 1.82) is 0 Å². The fraction of sp³-hybridized carbons (Fsp3) is 0.692. The average molecular weight is 265 g/mol. The molecule has 0 spiro atoms. The molecule has 2 aliphatic rings. The SMILES string of the molecule is Cc1nn(C)c(N2CCOC3CCCC32)c1C(=O)O. The Morgan fingerprint density at radius 3 is 3.00 bits per heavy atom. The number of nitrogens with zero attached hydrogens (tertiary/aromatic N) is 3. The summed E-state index contributed by atoms with van der Waals surface area (Å²) in [6.07, 6.45) is 3.52. The monoisotopic (exact) mass is 265 g/mol. The van der Waals surface area contributed by atoms with E-state index in [4.69, 9.17) is 4.74 Å². The molecule has 1 aliphatic carbocycles. The number of ether oxygens (including phenoxy) is 1. The van der Waals surface area contributed by atoms with Gasteiger partial charge in [-0.3, -0.25) is 4.68 Å². The molecule has 1 saturated carbocycles. The van der Waals surface area contributed by atoms with Gasteiger partial charge in [0.2, 0.25) is 0 Å². The van der Waals surface area contributed by atoms with Crippen LogP contribution in [0.4, 0.5) is 5.82 Å². The molecule has 104 valence electrons. The average Bonchev–Trinajstić information content (AvgIpc) is 2.92. The van der Waals surface area contributed by atoms with Crippen molar-refractivity contribution in [3.8, 4) is 0 Å². The van der Waals surface area contributed by atoms with E-state index in [1.165, 1.54) is 0 Å². The molecule has 2 atom stereocenters. The van der Waals surface area contributed by atoms with Crippen LogP contribution in [0.2, 0.25) is 0 Å². The lowest BCUT2D eigenvalue weighted by molar-refractivity contribution is 0.0249. The Hall–Kier alpha value is -1.56. The van der Waals surface area contributed by atoms with Gasteiger partial charge in [-0.05, 0) is 26.2 Å². The summed E-state index contributed by atoms with van der Waals surface area (Å²) in [7, 11) is 1.81. The zero-order valence-corrected chi connectivity index (χ0v) is 11.3. The first-order chi connectivity index (χ1) is 9.09. The van der Waals surface area contributed by atoms with Gasteiger partial charge in [0.15, 0.2) is 0 Å². The Kier molecular flexibility index (Phi) is 2.97. The molecule has 6 nitrogen and oxygen atoms in total. The van der Waals surface area contributed by atoms with Crippen molar-refractivity contribution in [2.24, 2.45) is 7.05 Å². The molecule has 6 heteroatoms. The minimum Gasteiger partial charge on any atom is -0.477 e. The number of fused-ring (bicyclic) bond motifs is 1. The van der Waals surface area contributed by atoms with Crippen LogP contribution in [0.3, 0.4) is 0 Å². The van der Waals surface area contributed by atoms with Gasteiger partial charge in [0, 0.05) is 13.6 Å². The van der Waals surface area contributed by atoms with Gasteiger partial charge in [-0.2, -0.15) is 5.10 Å². The fourth-order valence-corrected chi connectivity index (χ4v) is 3.41. The molecule has 0 bridgehead atoms. The second kappa shape index (κ2) is 4.52. The lowest BCUT2D eigenvalue weighted by Gasteiger charge is -2.39. The first-order valence-electron chi connectivity index (χ1n) is 6.74. The Morgan fingerprint density at radius 1 is 1.47 bits per heavy atom. The number of aryl methyl sites for hydroxylation is 2. The normalized spacial score (nSPS) is 26.5. The van der Waals surface area contributed by atoms with Crippen molar-refractivity contribution in [2.45, 2.75) is 38.3 Å². The highest BCUT2D eigenvalue weighted by atomic mass is 16.5. The summed E-state index contributed by atoms with van der Waals surface area (Å²) in [6, 6.07) is 0.293. The molecule has 2 fully saturated rings. The molecule has 0 aromatic carbocycles. The van der Waals surface area contributed by atoms with Crippen LogP contribution in [0.15, 0.2) is 0 Å². The van der Waals surface area contributed by atoms with E-state index in [0.29, 0.717) is 23.9 Å². The standard InChI is InChI=1S/C13H19N3O3/c1-8-11(13(17)18)12(15(2)14-8)16-6-7-19-10-5-3-4-9(10)16/h9-10H,3-7H2,1-2H3,(H,17,18). The Bertz CT molecular complexity index is 511. The van der Waals surface area contributed by atoms with Crippen LogP contribution in [0, 0.1) is 6.92 Å². The van der Waals surface area contributed by atoms with Gasteiger partial charge in [-0.25, -0.2) is 4.79 Å². The van der Waals surface area contributed by atoms with Gasteiger partial charge in [-0.1, -0.05) is 0 Å². The third-order valence-corrected chi connectivity index (χ3v) is 4.16. The quantitative estimate of drug-likeness (QED) is 0.869. The molecule has 2 unspecified atom stereocenters. The minimum absolute atomic E-state index is 0.241. The molecule has 1 aromatic rings. The van der Waals surface area contributed by atoms with Gasteiger partial charge < -0.3 is 14.7 Å². The zero-order chi connectivity index (χ0) is 13.6. The number of carbonyl (C=O) groups is 1. The van der Waals surface area contributed by atoms with Crippen molar-refractivity contribution in [1.82, 2.24) is 9.78 Å². The zero-order valence-electron chi connectivity index (χ0n) is 11.3. The van der Waals surface area contributed by atoms with E-state index in [9.17, 15) is 9.90 Å². The van der Waals surface area contributed by atoms with E-state index in [1.54, 1.807) is 11.6 Å². The lowest BCUT2D eigenvalue weighted by Crippen LogP contribution is -2.49. The molecule has 1 aromatic heterocycles. The number of hydrogen-bond donors (Lipinski definition) is 1. The highest BCUT2D eigenvalue weighted by Crippen LogP contribution is 2.35. The third-order valence-electron chi connectivity index (χ3n) is 4.16. The van der Waals surface area contributed by atoms with Crippen LogP contribution >= 0.6 is 0 Å². The first kappa shape index (κ1) is 12.5. The summed E-state index contributed by atoms with van der Waals surface area (Å²) < 4.78 is 7.48. The van der Waals surface area contributed by atoms with E-state index >= 15 is 0 Å². The van der Waals surface area contributed by atoms with Crippen LogP contribution in [0.1, 0.15) is 35.3 Å². The minimum atomic E-state index is -0.901. The highest BCUT2D eigenvalue weighted by Gasteiger charge is 2.39. The van der Waals surface area contributed by atoms with Crippen molar-refractivity contribution in [3.05, 3.63) is 11.3 Å². The van der Waals surface area contributed by atoms with E-state index in [1.807, 2.05) is 7.05 Å². The van der Waals surface area contributed by atoms with Gasteiger partial charge >= 0.3 is 5.97 Å². The molecule has 1 aliphatic heterocycles. The molecule has 2 heterocycles. The van der Waals surface area contributed by atoms with Crippen LogP contribution < -0.4 is 4.90 Å². The second-order valence-corrected chi connectivity index (χ2v) is 5.31. The predicted molar refractivity (Wildman–Crippen MR) is 69.6 cm³/mol. The molecule has 0 amide bonds. The van der Waals surface area contributed by atoms with Gasteiger partial charge in [0.1, 0.15) is 11.4 Å². The number of aromatic carboxylic acids is 1. The molecule has 1 saturated heterocycles. The van der Waals surface area contributed by atoms with Crippen molar-refractivity contribution in [2.75, 3.05) is 18.1 Å². The summed E-state index contributed by atoms with van der Waals surface area (Å²) in [5.74, 6) is -0.174. The van der Waals surface area contributed by atoms with Crippen LogP contribution in [-0.2, 0) is 11.8 Å². The number of anilines is 1. The van der Waals surface area contributed by atoms with Crippen molar-refractivity contribution < 1.29 is 14.6 Å². The topological polar surface area (TPSA) is 67.6 Å². The molecule has 3 rings (SSSR count). The first-order valence-corrected chi connectivity index (χ1v) is 6.74. The Labute approximate surface area is 112 Å². The molecule has 0 radical (unpaired) electrons. The summed E-state index contributed by atoms with van der Waals surface area (Å²) in [4.78, 5) is 13.7. The van der Waals surface area contributed by atoms with Crippen molar-refractivity contribution in [3.63, 3.8) is 0 Å². The molecular formula is C13H19N3O3. The number of carboxylic acid groups (broad SMARTS) is 1. The maximum Gasteiger partial charge on any atom is 0.341 e. The van der Waals surface area contributed by atoms with Gasteiger partial charge in [0.05, 0.1) is 24.4 Å². The smallest absolute Gasteiger partial charge is 0.341 e. The number of morpholine rings is 1. The van der Waals surface area contributed by atoms with Gasteiger partial charge in [-0.15, -0.1) is 0 Å². The molecule has 1 N–H and O–H groups in total. The van der Waals surface area contributed by atoms with Gasteiger partial charge in [0.25, 0.3) is 0 Å². The third kappa shape index (κ3) is 1.90. The van der Waals surface area contributed by atoms with E-state index in [0.717, 1.165) is 31.6 Å². The fourth-order valence-electron chi connectivity index (χ4n) is 3.41. The second-order valence-electron chi connectivity index (χ2n) is 5.31. The Balaban J connectivity index is 2.03. The summed E-state index contributed by atoms with van der Waals surface area (Å²) in [5, 5.41) is 13.7. The number of hydrogen-bond acceptors (Lipinski definition) is 4. The van der Waals surface area contributed by atoms with E-state index < -0.39 is 5.97 Å². The van der Waals surface area contributed by atoms with Crippen molar-refractivity contribution >= 4 is 11.8 Å². The summed E-state index contributed by atoms with van der Waals surface area (Å²) in [6.45, 7) is 3.14. The maximum absolute atomic E-state index is 11.5. The van der Waals surface area contributed by atoms with Crippen LogP contribution in [0.25, 0.3) is 0 Å². The molecule has 19 heavy (non-hydrogen) atoms. The van der Waals surface area contributed by atoms with Crippen LogP contribution in [-0.4, -0.2) is 46.2 Å². The number of rotatable bonds is 2. The predicted octanol–water partition coefficient (Wildman–Crippen LogP) is 1.18. The van der Waals surface area contributed by atoms with Crippen LogP contribution in [0.5, 0.6) is 0 Å². The number of carboxylic acids is 1. The van der Waals surface area contributed by atoms with E-state index in [-0.39, 0.29) is 6.10 Å². The lowest BCUT2D eigenvalue weighted by atomic mass is 10.1. The number of aromatic nitrogens is 2. The summed E-state index contributed by atoms with van der Waals surface area (Å²) in [5.41, 5.74) is 0.904. The summed E-state index contributed by atoms with van der Waals surface area (Å²) >= 11 is 0. The maximum atomic E-state index is 11.5. The Morgan fingerprint density at radius 2 is 2.26 bits per heavy atom. The van der Waals surface area contributed by atoms with E-state index in [2.05, 4.69) is 10.00 Å².